The van der Waals surface area contributed by atoms with Crippen LogP contribution in [0.1, 0.15) is 40.7 Å². The number of carbonyl (C=O) groups excluding carboxylic acids is 1. The van der Waals surface area contributed by atoms with Gasteiger partial charge in [-0.1, -0.05) is 6.07 Å². The van der Waals surface area contributed by atoms with E-state index in [1.165, 1.54) is 0 Å². The lowest BCUT2D eigenvalue weighted by Crippen LogP contribution is -2.26. The van der Waals surface area contributed by atoms with Gasteiger partial charge in [-0.3, -0.25) is 4.79 Å². The van der Waals surface area contributed by atoms with Crippen LogP contribution in [-0.2, 0) is 0 Å². The predicted octanol–water partition coefficient (Wildman–Crippen LogP) is 3.21. The van der Waals surface area contributed by atoms with E-state index in [-0.39, 0.29) is 11.9 Å². The molecule has 2 rings (SSSR count). The third-order valence-electron chi connectivity index (χ3n) is 3.04. The Labute approximate surface area is 122 Å². The molecule has 0 saturated carbocycles. The maximum absolute atomic E-state index is 12.2. The summed E-state index contributed by atoms with van der Waals surface area (Å²) in [6, 6.07) is 8.92. The second-order valence-corrected chi connectivity index (χ2v) is 5.62. The zero-order chi connectivity index (χ0) is 14.7. The van der Waals surface area contributed by atoms with Crippen molar-refractivity contribution in [2.45, 2.75) is 19.9 Å². The first-order chi connectivity index (χ1) is 9.49. The minimum absolute atomic E-state index is 0.0374. The minimum atomic E-state index is -0.159. The Kier molecular flexibility index (Phi) is 4.20. The number of carbonyl (C=O) groups is 1. The van der Waals surface area contributed by atoms with E-state index in [0.717, 1.165) is 4.88 Å². The molecule has 4 nitrogen and oxygen atoms in total. The molecule has 0 aliphatic rings. The molecule has 0 saturated heterocycles. The lowest BCUT2D eigenvalue weighted by molar-refractivity contribution is 0.0940. The van der Waals surface area contributed by atoms with Crippen molar-refractivity contribution in [1.29, 1.82) is 5.41 Å². The average Bonchev–Trinajstić information content (AvgIpc) is 2.92. The molecule has 0 aliphatic heterocycles. The molecule has 0 fully saturated rings. The Hall–Kier alpha value is -2.14. The summed E-state index contributed by atoms with van der Waals surface area (Å²) >= 11 is 1.61. The number of hydrogen-bond acceptors (Lipinski definition) is 4. The maximum Gasteiger partial charge on any atom is 0.251 e. The molecule has 1 atom stereocenters. The Bertz CT molecular complexity index is 635. The first-order valence-corrected chi connectivity index (χ1v) is 7.16. The van der Waals surface area contributed by atoms with Crippen LogP contribution in [0.2, 0.25) is 0 Å². The minimum Gasteiger partial charge on any atom is -0.398 e. The van der Waals surface area contributed by atoms with E-state index in [4.69, 9.17) is 11.1 Å². The number of rotatable bonds is 4. The highest BCUT2D eigenvalue weighted by Crippen LogP contribution is 2.20. The standard InChI is InChI=1S/C15H17N3OS/c1-9(16)12-8-11(5-6-13(12)17)15(19)18-10(2)14-4-3-7-20-14/h3-8,10,16H,17H2,1-2H3,(H,18,19). The number of thiophene rings is 1. The zero-order valence-corrected chi connectivity index (χ0v) is 12.3. The molecule has 2 aromatic rings. The second kappa shape index (κ2) is 5.88. The molecule has 4 N–H and O–H groups in total. The molecule has 1 amide bonds. The number of nitrogens with one attached hydrogen (secondary N) is 2. The summed E-state index contributed by atoms with van der Waals surface area (Å²) in [5.41, 5.74) is 7.78. The molecular weight excluding hydrogens is 270 g/mol. The van der Waals surface area contributed by atoms with Crippen LogP contribution < -0.4 is 11.1 Å². The van der Waals surface area contributed by atoms with Gasteiger partial charge in [0, 0.05) is 27.4 Å². The molecular formula is C15H17N3OS. The molecule has 1 aromatic carbocycles. The third-order valence-corrected chi connectivity index (χ3v) is 4.09. The van der Waals surface area contributed by atoms with Gasteiger partial charge < -0.3 is 16.5 Å². The van der Waals surface area contributed by atoms with Crippen LogP contribution in [0.3, 0.4) is 0 Å². The number of nitrogen functional groups attached to an aromatic ring is 1. The zero-order valence-electron chi connectivity index (χ0n) is 11.4. The van der Waals surface area contributed by atoms with Crippen LogP contribution in [0.25, 0.3) is 0 Å². The number of hydrogen-bond donors (Lipinski definition) is 3. The van der Waals surface area contributed by atoms with Gasteiger partial charge in [0.05, 0.1) is 6.04 Å². The Morgan fingerprint density at radius 3 is 2.75 bits per heavy atom. The Morgan fingerprint density at radius 1 is 1.40 bits per heavy atom. The summed E-state index contributed by atoms with van der Waals surface area (Å²) in [6.45, 7) is 3.60. The highest BCUT2D eigenvalue weighted by atomic mass is 32.1. The van der Waals surface area contributed by atoms with Gasteiger partial charge in [-0.05, 0) is 43.5 Å². The molecule has 1 aromatic heterocycles. The molecule has 5 heteroatoms. The quantitative estimate of drug-likeness (QED) is 0.596. The van der Waals surface area contributed by atoms with E-state index < -0.39 is 0 Å². The van der Waals surface area contributed by atoms with Crippen LogP contribution in [0.4, 0.5) is 5.69 Å². The third kappa shape index (κ3) is 3.05. The molecule has 0 radical (unpaired) electrons. The average molecular weight is 287 g/mol. The number of amides is 1. The fraction of sp³-hybridized carbons (Fsp3) is 0.200. The number of benzene rings is 1. The largest absolute Gasteiger partial charge is 0.398 e. The van der Waals surface area contributed by atoms with E-state index in [9.17, 15) is 4.79 Å². The monoisotopic (exact) mass is 287 g/mol. The van der Waals surface area contributed by atoms with Crippen molar-refractivity contribution < 1.29 is 4.79 Å². The van der Waals surface area contributed by atoms with E-state index in [1.807, 2.05) is 24.4 Å². The van der Waals surface area contributed by atoms with E-state index in [0.29, 0.717) is 22.5 Å². The van der Waals surface area contributed by atoms with Gasteiger partial charge in [0.1, 0.15) is 0 Å². The maximum atomic E-state index is 12.2. The Morgan fingerprint density at radius 2 is 2.15 bits per heavy atom. The number of anilines is 1. The lowest BCUT2D eigenvalue weighted by Gasteiger charge is -2.13. The predicted molar refractivity (Wildman–Crippen MR) is 83.6 cm³/mol. The molecule has 104 valence electrons. The summed E-state index contributed by atoms with van der Waals surface area (Å²) in [5.74, 6) is -0.159. The smallest absolute Gasteiger partial charge is 0.251 e. The van der Waals surface area contributed by atoms with Gasteiger partial charge in [-0.15, -0.1) is 11.3 Å². The first kappa shape index (κ1) is 14.3. The van der Waals surface area contributed by atoms with Gasteiger partial charge in [0.2, 0.25) is 0 Å². The molecule has 0 spiro atoms. The second-order valence-electron chi connectivity index (χ2n) is 4.64. The van der Waals surface area contributed by atoms with E-state index >= 15 is 0 Å². The van der Waals surface area contributed by atoms with Crippen molar-refractivity contribution in [3.63, 3.8) is 0 Å². The molecule has 0 bridgehead atoms. The Balaban J connectivity index is 2.17. The van der Waals surface area contributed by atoms with Crippen LogP contribution in [0, 0.1) is 5.41 Å². The highest BCUT2D eigenvalue weighted by molar-refractivity contribution is 7.10. The van der Waals surface area contributed by atoms with Crippen LogP contribution in [-0.4, -0.2) is 11.6 Å². The van der Waals surface area contributed by atoms with Gasteiger partial charge in [0.15, 0.2) is 0 Å². The molecule has 0 aliphatic carbocycles. The van der Waals surface area contributed by atoms with Crippen molar-refractivity contribution in [3.8, 4) is 0 Å². The lowest BCUT2D eigenvalue weighted by atomic mass is 10.0. The van der Waals surface area contributed by atoms with Crippen molar-refractivity contribution >= 4 is 28.6 Å². The van der Waals surface area contributed by atoms with Gasteiger partial charge >= 0.3 is 0 Å². The normalized spacial score (nSPS) is 11.9. The van der Waals surface area contributed by atoms with E-state index in [1.54, 1.807) is 36.5 Å². The fourth-order valence-electron chi connectivity index (χ4n) is 1.91. The van der Waals surface area contributed by atoms with Crippen LogP contribution >= 0.6 is 11.3 Å². The van der Waals surface area contributed by atoms with Crippen LogP contribution in [0.5, 0.6) is 0 Å². The fourth-order valence-corrected chi connectivity index (χ4v) is 2.65. The summed E-state index contributed by atoms with van der Waals surface area (Å²) in [4.78, 5) is 13.3. The summed E-state index contributed by atoms with van der Waals surface area (Å²) < 4.78 is 0. The highest BCUT2D eigenvalue weighted by Gasteiger charge is 2.13. The van der Waals surface area contributed by atoms with Gasteiger partial charge in [-0.25, -0.2) is 0 Å². The van der Waals surface area contributed by atoms with Gasteiger partial charge in [0.25, 0.3) is 5.91 Å². The van der Waals surface area contributed by atoms with Crippen molar-refractivity contribution in [2.75, 3.05) is 5.73 Å². The van der Waals surface area contributed by atoms with Crippen molar-refractivity contribution in [3.05, 3.63) is 51.7 Å². The van der Waals surface area contributed by atoms with E-state index in [2.05, 4.69) is 5.32 Å². The molecule has 1 unspecified atom stereocenters. The topological polar surface area (TPSA) is 79.0 Å². The van der Waals surface area contributed by atoms with Crippen molar-refractivity contribution in [1.82, 2.24) is 5.32 Å². The summed E-state index contributed by atoms with van der Waals surface area (Å²) in [7, 11) is 0. The summed E-state index contributed by atoms with van der Waals surface area (Å²) in [5, 5.41) is 12.6. The van der Waals surface area contributed by atoms with Gasteiger partial charge in [-0.2, -0.15) is 0 Å². The van der Waals surface area contributed by atoms with Crippen LogP contribution in [0.15, 0.2) is 35.7 Å². The molecule has 1 heterocycles. The summed E-state index contributed by atoms with van der Waals surface area (Å²) in [6.07, 6.45) is 0. The van der Waals surface area contributed by atoms with Crippen molar-refractivity contribution in [2.24, 2.45) is 0 Å². The number of nitrogens with two attached hydrogens (primary N) is 1. The molecule has 20 heavy (non-hydrogen) atoms. The first-order valence-electron chi connectivity index (χ1n) is 6.28. The SMILES string of the molecule is CC(=N)c1cc(C(=O)NC(C)c2cccs2)ccc1N.